The van der Waals surface area contributed by atoms with Crippen molar-refractivity contribution >= 4 is 11.9 Å². The molecule has 1 N–H and O–H groups in total. The molecule has 0 aliphatic heterocycles. The van der Waals surface area contributed by atoms with Crippen molar-refractivity contribution in [2.75, 3.05) is 0 Å². The molecule has 2 rings (SSSR count). The van der Waals surface area contributed by atoms with Crippen LogP contribution in [0.2, 0.25) is 0 Å². The van der Waals surface area contributed by atoms with E-state index in [0.717, 1.165) is 11.8 Å². The van der Waals surface area contributed by atoms with Crippen molar-refractivity contribution in [3.8, 4) is 0 Å². The van der Waals surface area contributed by atoms with Crippen LogP contribution in [0.15, 0.2) is 47.1 Å². The predicted molar refractivity (Wildman–Crippen MR) is 77.1 cm³/mol. The maximum atomic E-state index is 12.5. The van der Waals surface area contributed by atoms with Crippen molar-refractivity contribution in [3.63, 3.8) is 0 Å². The van der Waals surface area contributed by atoms with Gasteiger partial charge in [-0.05, 0) is 19.4 Å². The topological polar surface area (TPSA) is 70.8 Å². The number of hydrogen-bond donors (Lipinski definition) is 1. The maximum Gasteiger partial charge on any atom is 0.338 e. The Balaban J connectivity index is 2.21. The van der Waals surface area contributed by atoms with Crippen LogP contribution in [0.3, 0.4) is 0 Å². The number of benzene rings is 1. The van der Waals surface area contributed by atoms with Gasteiger partial charge in [0.2, 0.25) is 0 Å². The zero-order chi connectivity index (χ0) is 15.4. The smallest absolute Gasteiger partial charge is 0.338 e. The van der Waals surface area contributed by atoms with Gasteiger partial charge in [-0.25, -0.2) is 4.79 Å². The Kier molecular flexibility index (Phi) is 4.42. The monoisotopic (exact) mass is 287 g/mol. The third-order valence-electron chi connectivity index (χ3n) is 3.14. The molecular formula is C16H17NO4. The zero-order valence-electron chi connectivity index (χ0n) is 11.9. The second kappa shape index (κ2) is 6.26. The largest absolute Gasteiger partial charge is 0.478 e. The number of aromatic carboxylic acids is 1. The summed E-state index contributed by atoms with van der Waals surface area (Å²) in [6.07, 6.45) is 1.08. The fraction of sp³-hybridized carbons (Fsp3) is 0.250. The van der Waals surface area contributed by atoms with Gasteiger partial charge in [-0.1, -0.05) is 30.3 Å². The van der Waals surface area contributed by atoms with Crippen LogP contribution in [0, 0.1) is 0 Å². The van der Waals surface area contributed by atoms with Gasteiger partial charge >= 0.3 is 5.97 Å². The van der Waals surface area contributed by atoms with E-state index < -0.39 is 5.97 Å². The summed E-state index contributed by atoms with van der Waals surface area (Å²) in [5.41, 5.74) is 0.978. The molecule has 0 saturated heterocycles. The van der Waals surface area contributed by atoms with Crippen LogP contribution in [0.5, 0.6) is 0 Å². The lowest BCUT2D eigenvalue weighted by atomic mass is 10.1. The lowest BCUT2D eigenvalue weighted by Crippen LogP contribution is -2.36. The Bertz CT molecular complexity index is 631. The van der Waals surface area contributed by atoms with Crippen LogP contribution in [0.25, 0.3) is 0 Å². The summed E-state index contributed by atoms with van der Waals surface area (Å²) in [5, 5.41) is 8.88. The molecule has 5 heteroatoms. The molecule has 1 aromatic carbocycles. The highest BCUT2D eigenvalue weighted by Gasteiger charge is 2.23. The molecule has 1 amide bonds. The Labute approximate surface area is 122 Å². The van der Waals surface area contributed by atoms with Gasteiger partial charge in [-0.3, -0.25) is 4.79 Å². The van der Waals surface area contributed by atoms with Crippen LogP contribution < -0.4 is 0 Å². The van der Waals surface area contributed by atoms with Crippen LogP contribution in [0.4, 0.5) is 0 Å². The predicted octanol–water partition coefficient (Wildman–Crippen LogP) is 3.03. The van der Waals surface area contributed by atoms with Gasteiger partial charge in [0.15, 0.2) is 5.76 Å². The molecular weight excluding hydrogens is 270 g/mol. The average Bonchev–Trinajstić information content (AvgIpc) is 2.95. The van der Waals surface area contributed by atoms with Gasteiger partial charge in [0.1, 0.15) is 6.26 Å². The van der Waals surface area contributed by atoms with Crippen molar-refractivity contribution in [2.24, 2.45) is 0 Å². The lowest BCUT2D eigenvalue weighted by molar-refractivity contribution is 0.0655. The SMILES string of the molecule is CC(C)N(Cc1ccccc1)C(=O)c1cc(C(=O)O)co1. The van der Waals surface area contributed by atoms with Crippen molar-refractivity contribution in [2.45, 2.75) is 26.4 Å². The third-order valence-corrected chi connectivity index (χ3v) is 3.14. The van der Waals surface area contributed by atoms with Crippen molar-refractivity contribution in [1.29, 1.82) is 0 Å². The van der Waals surface area contributed by atoms with Crippen LogP contribution in [-0.4, -0.2) is 27.9 Å². The summed E-state index contributed by atoms with van der Waals surface area (Å²) in [6.45, 7) is 4.25. The van der Waals surface area contributed by atoms with Crippen LogP contribution in [-0.2, 0) is 6.54 Å². The number of amides is 1. The standard InChI is InChI=1S/C16H17NO4/c1-11(2)17(9-12-6-4-3-5-7-12)15(18)14-8-13(10-21-14)16(19)20/h3-8,10-11H,9H2,1-2H3,(H,19,20). The van der Waals surface area contributed by atoms with E-state index in [0.29, 0.717) is 6.54 Å². The molecule has 110 valence electrons. The first-order valence-corrected chi connectivity index (χ1v) is 6.65. The average molecular weight is 287 g/mol. The van der Waals surface area contributed by atoms with E-state index in [2.05, 4.69) is 0 Å². The van der Waals surface area contributed by atoms with Crippen molar-refractivity contribution in [3.05, 3.63) is 59.5 Å². The highest BCUT2D eigenvalue weighted by Crippen LogP contribution is 2.15. The summed E-state index contributed by atoms with van der Waals surface area (Å²) in [4.78, 5) is 25.0. The number of hydrogen-bond acceptors (Lipinski definition) is 3. The lowest BCUT2D eigenvalue weighted by Gasteiger charge is -2.25. The molecule has 1 aromatic heterocycles. The molecule has 1 heterocycles. The van der Waals surface area contributed by atoms with E-state index >= 15 is 0 Å². The van der Waals surface area contributed by atoms with Crippen molar-refractivity contribution in [1.82, 2.24) is 4.90 Å². The summed E-state index contributed by atoms with van der Waals surface area (Å²) in [6, 6.07) is 10.8. The molecule has 5 nitrogen and oxygen atoms in total. The minimum absolute atomic E-state index is 0.0261. The summed E-state index contributed by atoms with van der Waals surface area (Å²) in [5.74, 6) is -1.39. The summed E-state index contributed by atoms with van der Waals surface area (Å²) in [7, 11) is 0. The summed E-state index contributed by atoms with van der Waals surface area (Å²) >= 11 is 0. The first-order valence-electron chi connectivity index (χ1n) is 6.65. The van der Waals surface area contributed by atoms with Crippen LogP contribution >= 0.6 is 0 Å². The number of carbonyl (C=O) groups is 2. The zero-order valence-corrected chi connectivity index (χ0v) is 11.9. The highest BCUT2D eigenvalue weighted by atomic mass is 16.4. The molecule has 21 heavy (non-hydrogen) atoms. The molecule has 0 bridgehead atoms. The fourth-order valence-corrected chi connectivity index (χ4v) is 1.97. The number of nitrogens with zero attached hydrogens (tertiary/aromatic N) is 1. The Morgan fingerprint density at radius 3 is 2.43 bits per heavy atom. The van der Waals surface area contributed by atoms with Crippen molar-refractivity contribution < 1.29 is 19.1 Å². The van der Waals surface area contributed by atoms with E-state index in [1.54, 1.807) is 4.90 Å². The first-order chi connectivity index (χ1) is 9.99. The second-order valence-electron chi connectivity index (χ2n) is 5.02. The molecule has 0 atom stereocenters. The Morgan fingerprint density at radius 1 is 1.24 bits per heavy atom. The van der Waals surface area contributed by atoms with E-state index in [4.69, 9.17) is 9.52 Å². The van der Waals surface area contributed by atoms with E-state index in [1.807, 2.05) is 44.2 Å². The van der Waals surface area contributed by atoms with Crippen LogP contribution in [0.1, 0.15) is 40.3 Å². The quantitative estimate of drug-likeness (QED) is 0.917. The van der Waals surface area contributed by atoms with E-state index in [9.17, 15) is 9.59 Å². The van der Waals surface area contributed by atoms with Gasteiger partial charge < -0.3 is 14.4 Å². The first kappa shape index (κ1) is 14.8. The molecule has 2 aromatic rings. The molecule has 0 aliphatic carbocycles. The van der Waals surface area contributed by atoms with Gasteiger partial charge in [0.05, 0.1) is 5.56 Å². The minimum Gasteiger partial charge on any atom is -0.478 e. The molecule has 0 unspecified atom stereocenters. The normalized spacial score (nSPS) is 10.6. The second-order valence-corrected chi connectivity index (χ2v) is 5.02. The molecule has 0 radical (unpaired) electrons. The third kappa shape index (κ3) is 3.51. The number of rotatable bonds is 5. The molecule has 0 saturated carbocycles. The van der Waals surface area contributed by atoms with E-state index in [-0.39, 0.29) is 23.3 Å². The highest BCUT2D eigenvalue weighted by molar-refractivity contribution is 5.95. The van der Waals surface area contributed by atoms with Gasteiger partial charge in [0.25, 0.3) is 5.91 Å². The molecule has 0 aliphatic rings. The number of furan rings is 1. The minimum atomic E-state index is -1.11. The maximum absolute atomic E-state index is 12.5. The number of carboxylic acid groups (broad SMARTS) is 1. The van der Waals surface area contributed by atoms with E-state index in [1.165, 1.54) is 6.07 Å². The fourth-order valence-electron chi connectivity index (χ4n) is 1.97. The molecule has 0 spiro atoms. The Morgan fingerprint density at radius 2 is 1.90 bits per heavy atom. The van der Waals surface area contributed by atoms with Gasteiger partial charge in [0, 0.05) is 18.7 Å². The summed E-state index contributed by atoms with van der Waals surface area (Å²) < 4.78 is 5.08. The van der Waals surface area contributed by atoms with Gasteiger partial charge in [-0.2, -0.15) is 0 Å². The number of carbonyl (C=O) groups excluding carboxylic acids is 1. The van der Waals surface area contributed by atoms with Gasteiger partial charge in [-0.15, -0.1) is 0 Å². The number of carboxylic acids is 1. The molecule has 0 fully saturated rings. The Hall–Kier alpha value is -2.56.